The van der Waals surface area contributed by atoms with Crippen LogP contribution in [0.25, 0.3) is 11.4 Å². The molecule has 0 amide bonds. The van der Waals surface area contributed by atoms with Gasteiger partial charge in [-0.2, -0.15) is 0 Å². The number of hydrogen-bond donors (Lipinski definition) is 1. The lowest BCUT2D eigenvalue weighted by molar-refractivity contribution is 0.971. The van der Waals surface area contributed by atoms with Crippen LogP contribution in [0.3, 0.4) is 0 Å². The summed E-state index contributed by atoms with van der Waals surface area (Å²) < 4.78 is 1.19. The first-order chi connectivity index (χ1) is 10.1. The van der Waals surface area contributed by atoms with Crippen LogP contribution >= 0.6 is 22.6 Å². The van der Waals surface area contributed by atoms with Gasteiger partial charge in [-0.05, 0) is 61.8 Å². The second-order valence-corrected chi connectivity index (χ2v) is 6.80. The van der Waals surface area contributed by atoms with Crippen molar-refractivity contribution in [3.05, 3.63) is 38.6 Å². The maximum absolute atomic E-state index is 4.88. The molecule has 0 radical (unpaired) electrons. The summed E-state index contributed by atoms with van der Waals surface area (Å²) in [6.45, 7) is 7.23. The highest BCUT2D eigenvalue weighted by Gasteiger charge is 2.29. The first-order valence-corrected chi connectivity index (χ1v) is 8.57. The molecule has 110 valence electrons. The standard InChI is InChI=1S/C17H20IN3/c1-4-19-17-14(18)15(12-6-7-12)20-16(21-17)13-8-5-10(2)9-11(13)3/h5,8-9,12H,4,6-7H2,1-3H3,(H,19,20,21). The summed E-state index contributed by atoms with van der Waals surface area (Å²) in [7, 11) is 0. The quantitative estimate of drug-likeness (QED) is 0.767. The summed E-state index contributed by atoms with van der Waals surface area (Å²) >= 11 is 2.38. The molecular weight excluding hydrogens is 373 g/mol. The summed E-state index contributed by atoms with van der Waals surface area (Å²) in [6, 6.07) is 6.47. The van der Waals surface area contributed by atoms with Crippen molar-refractivity contribution in [2.24, 2.45) is 0 Å². The normalized spacial score (nSPS) is 14.3. The fraction of sp³-hybridized carbons (Fsp3) is 0.412. The van der Waals surface area contributed by atoms with Crippen LogP contribution < -0.4 is 5.32 Å². The Morgan fingerprint density at radius 2 is 2.00 bits per heavy atom. The van der Waals surface area contributed by atoms with Crippen molar-refractivity contribution in [3.8, 4) is 11.4 Å². The van der Waals surface area contributed by atoms with E-state index in [1.54, 1.807) is 0 Å². The van der Waals surface area contributed by atoms with Gasteiger partial charge in [-0.3, -0.25) is 0 Å². The van der Waals surface area contributed by atoms with Crippen molar-refractivity contribution in [2.45, 2.75) is 39.5 Å². The van der Waals surface area contributed by atoms with Crippen molar-refractivity contribution < 1.29 is 0 Å². The van der Waals surface area contributed by atoms with Gasteiger partial charge in [0, 0.05) is 18.0 Å². The lowest BCUT2D eigenvalue weighted by Crippen LogP contribution is -2.08. The molecule has 1 aliphatic rings. The Balaban J connectivity index is 2.13. The average Bonchev–Trinajstić information content (AvgIpc) is 3.26. The van der Waals surface area contributed by atoms with Crippen molar-refractivity contribution in [3.63, 3.8) is 0 Å². The lowest BCUT2D eigenvalue weighted by Gasteiger charge is -2.13. The molecule has 0 aliphatic heterocycles. The molecule has 1 heterocycles. The molecule has 1 aromatic carbocycles. The third-order valence-corrected chi connectivity index (χ3v) is 4.87. The molecule has 4 heteroatoms. The highest BCUT2D eigenvalue weighted by atomic mass is 127. The van der Waals surface area contributed by atoms with Crippen molar-refractivity contribution >= 4 is 28.4 Å². The van der Waals surface area contributed by atoms with E-state index < -0.39 is 0 Å². The molecule has 1 N–H and O–H groups in total. The number of benzene rings is 1. The van der Waals surface area contributed by atoms with Crippen LogP contribution in [0, 0.1) is 17.4 Å². The number of nitrogens with one attached hydrogen (secondary N) is 1. The van der Waals surface area contributed by atoms with Crippen LogP contribution in [0.5, 0.6) is 0 Å². The lowest BCUT2D eigenvalue weighted by atomic mass is 10.0. The zero-order valence-electron chi connectivity index (χ0n) is 12.7. The average molecular weight is 393 g/mol. The summed E-state index contributed by atoms with van der Waals surface area (Å²) in [5, 5.41) is 3.38. The number of rotatable bonds is 4. The first-order valence-electron chi connectivity index (χ1n) is 7.49. The number of anilines is 1. The monoisotopic (exact) mass is 393 g/mol. The molecule has 0 unspecified atom stereocenters. The molecule has 1 fully saturated rings. The van der Waals surface area contributed by atoms with E-state index in [9.17, 15) is 0 Å². The van der Waals surface area contributed by atoms with E-state index in [1.807, 2.05) is 0 Å². The van der Waals surface area contributed by atoms with Crippen molar-refractivity contribution in [2.75, 3.05) is 11.9 Å². The fourth-order valence-electron chi connectivity index (χ4n) is 2.56. The molecule has 21 heavy (non-hydrogen) atoms. The summed E-state index contributed by atoms with van der Waals surface area (Å²) in [5.74, 6) is 2.46. The predicted octanol–water partition coefficient (Wildman–Crippen LogP) is 4.67. The van der Waals surface area contributed by atoms with Crippen LogP contribution in [0.4, 0.5) is 5.82 Å². The topological polar surface area (TPSA) is 37.8 Å². The Kier molecular flexibility index (Phi) is 4.15. The highest BCUT2D eigenvalue weighted by Crippen LogP contribution is 2.43. The molecule has 0 atom stereocenters. The second-order valence-electron chi connectivity index (χ2n) is 5.72. The molecule has 0 bridgehead atoms. The van der Waals surface area contributed by atoms with Crippen LogP contribution in [0.1, 0.15) is 42.5 Å². The summed E-state index contributed by atoms with van der Waals surface area (Å²) in [6.07, 6.45) is 2.51. The minimum Gasteiger partial charge on any atom is -0.369 e. The van der Waals surface area contributed by atoms with E-state index in [1.165, 1.54) is 33.2 Å². The Morgan fingerprint density at radius 3 is 2.62 bits per heavy atom. The Labute approximate surface area is 139 Å². The fourth-order valence-corrected chi connectivity index (χ4v) is 3.43. The van der Waals surface area contributed by atoms with E-state index in [-0.39, 0.29) is 0 Å². The van der Waals surface area contributed by atoms with Crippen molar-refractivity contribution in [1.29, 1.82) is 0 Å². The Hall–Kier alpha value is -1.17. The van der Waals surface area contributed by atoms with Gasteiger partial charge in [0.25, 0.3) is 0 Å². The Morgan fingerprint density at radius 1 is 1.24 bits per heavy atom. The number of halogens is 1. The third-order valence-electron chi connectivity index (χ3n) is 3.81. The maximum Gasteiger partial charge on any atom is 0.162 e. The molecule has 3 nitrogen and oxygen atoms in total. The van der Waals surface area contributed by atoms with Gasteiger partial charge in [0.1, 0.15) is 5.82 Å². The molecule has 0 spiro atoms. The minimum absolute atomic E-state index is 0.627. The van der Waals surface area contributed by atoms with Gasteiger partial charge < -0.3 is 5.32 Å². The van der Waals surface area contributed by atoms with Gasteiger partial charge in [0.05, 0.1) is 9.26 Å². The molecule has 1 aliphatic carbocycles. The van der Waals surface area contributed by atoms with Crippen LogP contribution in [-0.2, 0) is 0 Å². The predicted molar refractivity (Wildman–Crippen MR) is 95.8 cm³/mol. The first kappa shape index (κ1) is 14.8. The van der Waals surface area contributed by atoms with Gasteiger partial charge in [-0.25, -0.2) is 9.97 Å². The van der Waals surface area contributed by atoms with Gasteiger partial charge in [-0.1, -0.05) is 23.8 Å². The van der Waals surface area contributed by atoms with E-state index in [0.29, 0.717) is 5.92 Å². The highest BCUT2D eigenvalue weighted by molar-refractivity contribution is 14.1. The van der Waals surface area contributed by atoms with Crippen molar-refractivity contribution in [1.82, 2.24) is 9.97 Å². The number of hydrogen-bond acceptors (Lipinski definition) is 3. The maximum atomic E-state index is 4.88. The van der Waals surface area contributed by atoms with E-state index in [4.69, 9.17) is 9.97 Å². The summed E-state index contributed by atoms with van der Waals surface area (Å²) in [4.78, 5) is 9.64. The van der Waals surface area contributed by atoms with E-state index >= 15 is 0 Å². The number of aryl methyl sites for hydroxylation is 2. The van der Waals surface area contributed by atoms with Crippen LogP contribution in [0.2, 0.25) is 0 Å². The van der Waals surface area contributed by atoms with E-state index in [0.717, 1.165) is 23.8 Å². The smallest absolute Gasteiger partial charge is 0.162 e. The SMILES string of the molecule is CCNc1nc(-c2ccc(C)cc2C)nc(C2CC2)c1I. The Bertz CT molecular complexity index is 678. The zero-order valence-corrected chi connectivity index (χ0v) is 14.9. The van der Waals surface area contributed by atoms with Gasteiger partial charge in [0.2, 0.25) is 0 Å². The number of aromatic nitrogens is 2. The second kappa shape index (κ2) is 5.91. The molecule has 1 aromatic heterocycles. The largest absolute Gasteiger partial charge is 0.369 e. The van der Waals surface area contributed by atoms with E-state index in [2.05, 4.69) is 66.9 Å². The molecule has 1 saturated carbocycles. The van der Waals surface area contributed by atoms with Crippen LogP contribution in [-0.4, -0.2) is 16.5 Å². The van der Waals surface area contributed by atoms with Gasteiger partial charge >= 0.3 is 0 Å². The molecule has 2 aromatic rings. The van der Waals surface area contributed by atoms with Gasteiger partial charge in [-0.15, -0.1) is 0 Å². The molecular formula is C17H20IN3. The molecule has 0 saturated heterocycles. The minimum atomic E-state index is 0.627. The van der Waals surface area contributed by atoms with Gasteiger partial charge in [0.15, 0.2) is 5.82 Å². The molecule has 3 rings (SSSR count). The third kappa shape index (κ3) is 3.05. The summed E-state index contributed by atoms with van der Waals surface area (Å²) in [5.41, 5.74) is 4.87. The van der Waals surface area contributed by atoms with Crippen LogP contribution in [0.15, 0.2) is 18.2 Å². The zero-order chi connectivity index (χ0) is 15.0. The number of nitrogens with zero attached hydrogens (tertiary/aromatic N) is 2.